The number of halogens is 2. The summed E-state index contributed by atoms with van der Waals surface area (Å²) in [5, 5.41) is 2.35. The predicted molar refractivity (Wildman–Crippen MR) is 98.6 cm³/mol. The third-order valence-electron chi connectivity index (χ3n) is 4.53. The molecule has 1 aromatic heterocycles. The lowest BCUT2D eigenvalue weighted by Gasteiger charge is -2.15. The number of aromatic nitrogens is 1. The molecule has 0 radical (unpaired) electrons. The molecular weight excluding hydrogens is 364 g/mol. The smallest absolute Gasteiger partial charge is 0.256 e. The van der Waals surface area contributed by atoms with Crippen molar-refractivity contribution in [1.82, 2.24) is 9.88 Å². The van der Waals surface area contributed by atoms with Gasteiger partial charge in [-0.2, -0.15) is 0 Å². The molecule has 0 spiro atoms. The first kappa shape index (κ1) is 17.8. The molecule has 0 aliphatic carbocycles. The Morgan fingerprint density at radius 1 is 1.14 bits per heavy atom. The SMILES string of the molecule is O=C(Nc1cc(F)ccc1F)c1cccc2c1C(=O)N(Cc1cccnc1)C2. The highest BCUT2D eigenvalue weighted by molar-refractivity contribution is 6.13. The van der Waals surface area contributed by atoms with Crippen molar-refractivity contribution >= 4 is 17.5 Å². The highest BCUT2D eigenvalue weighted by Gasteiger charge is 2.32. The van der Waals surface area contributed by atoms with E-state index in [2.05, 4.69) is 10.3 Å². The van der Waals surface area contributed by atoms with E-state index in [9.17, 15) is 18.4 Å². The second-order valence-corrected chi connectivity index (χ2v) is 6.44. The first-order valence-electron chi connectivity index (χ1n) is 8.59. The number of carbonyl (C=O) groups is 2. The van der Waals surface area contributed by atoms with E-state index in [0.29, 0.717) is 18.7 Å². The lowest BCUT2D eigenvalue weighted by Crippen LogP contribution is -2.25. The van der Waals surface area contributed by atoms with Crippen molar-refractivity contribution in [2.45, 2.75) is 13.1 Å². The van der Waals surface area contributed by atoms with Crippen LogP contribution in [0.4, 0.5) is 14.5 Å². The molecule has 1 N–H and O–H groups in total. The Hall–Kier alpha value is -3.61. The van der Waals surface area contributed by atoms with Crippen LogP contribution in [-0.4, -0.2) is 21.7 Å². The number of benzene rings is 2. The molecule has 0 bridgehead atoms. The van der Waals surface area contributed by atoms with Gasteiger partial charge in [0.05, 0.1) is 16.8 Å². The summed E-state index contributed by atoms with van der Waals surface area (Å²) < 4.78 is 27.2. The van der Waals surface area contributed by atoms with E-state index in [0.717, 1.165) is 23.8 Å². The zero-order valence-corrected chi connectivity index (χ0v) is 14.7. The summed E-state index contributed by atoms with van der Waals surface area (Å²) in [6, 6.07) is 11.4. The van der Waals surface area contributed by atoms with E-state index < -0.39 is 17.5 Å². The number of carbonyl (C=O) groups excluding carboxylic acids is 2. The summed E-state index contributed by atoms with van der Waals surface area (Å²) in [6.45, 7) is 0.722. The average Bonchev–Trinajstić information content (AvgIpc) is 3.01. The van der Waals surface area contributed by atoms with Gasteiger partial charge in [0.1, 0.15) is 11.6 Å². The maximum atomic E-state index is 13.8. The van der Waals surface area contributed by atoms with Gasteiger partial charge in [-0.05, 0) is 35.4 Å². The van der Waals surface area contributed by atoms with Gasteiger partial charge in [0.15, 0.2) is 0 Å². The first-order chi connectivity index (χ1) is 13.5. The summed E-state index contributed by atoms with van der Waals surface area (Å²) in [5.74, 6) is -2.39. The third kappa shape index (κ3) is 3.34. The molecule has 0 unspecified atom stereocenters. The number of fused-ring (bicyclic) bond motifs is 1. The molecular formula is C21H15F2N3O2. The zero-order chi connectivity index (χ0) is 19.7. The first-order valence-corrected chi connectivity index (χ1v) is 8.59. The topological polar surface area (TPSA) is 62.3 Å². The molecule has 2 aromatic carbocycles. The molecule has 0 saturated carbocycles. The molecule has 0 saturated heterocycles. The molecule has 0 fully saturated rings. The highest BCUT2D eigenvalue weighted by atomic mass is 19.1. The van der Waals surface area contributed by atoms with E-state index in [1.54, 1.807) is 35.5 Å². The van der Waals surface area contributed by atoms with E-state index >= 15 is 0 Å². The molecule has 1 aliphatic heterocycles. The maximum absolute atomic E-state index is 13.8. The van der Waals surface area contributed by atoms with Crippen LogP contribution in [-0.2, 0) is 13.1 Å². The van der Waals surface area contributed by atoms with Crippen molar-refractivity contribution < 1.29 is 18.4 Å². The molecule has 4 rings (SSSR count). The molecule has 3 aromatic rings. The molecule has 0 atom stereocenters. The largest absolute Gasteiger partial charge is 0.330 e. The fraction of sp³-hybridized carbons (Fsp3) is 0.0952. The second-order valence-electron chi connectivity index (χ2n) is 6.44. The van der Waals surface area contributed by atoms with Gasteiger partial charge in [-0.3, -0.25) is 14.6 Å². The Morgan fingerprint density at radius 3 is 2.79 bits per heavy atom. The Labute approximate surface area is 159 Å². The Morgan fingerprint density at radius 2 is 2.00 bits per heavy atom. The van der Waals surface area contributed by atoms with Gasteiger partial charge in [-0.25, -0.2) is 8.78 Å². The van der Waals surface area contributed by atoms with Crippen LogP contribution in [0.1, 0.15) is 31.8 Å². The number of anilines is 1. The normalized spacial score (nSPS) is 12.8. The van der Waals surface area contributed by atoms with Crippen LogP contribution < -0.4 is 5.32 Å². The average molecular weight is 379 g/mol. The fourth-order valence-corrected chi connectivity index (χ4v) is 3.23. The molecule has 2 amide bonds. The van der Waals surface area contributed by atoms with Gasteiger partial charge in [-0.1, -0.05) is 18.2 Å². The number of amides is 2. The van der Waals surface area contributed by atoms with E-state index in [4.69, 9.17) is 0 Å². The standard InChI is InChI=1S/C21H15F2N3O2/c22-15-6-7-17(23)18(9-15)25-20(27)16-5-1-4-14-12-26(21(28)19(14)16)11-13-3-2-8-24-10-13/h1-10H,11-12H2,(H,25,27). The monoisotopic (exact) mass is 379 g/mol. The van der Waals surface area contributed by atoms with Crippen LogP contribution in [0.2, 0.25) is 0 Å². The minimum absolute atomic E-state index is 0.125. The summed E-state index contributed by atoms with van der Waals surface area (Å²) in [6.07, 6.45) is 3.33. The minimum atomic E-state index is -0.758. The lowest BCUT2D eigenvalue weighted by molar-refractivity contribution is 0.0763. The van der Waals surface area contributed by atoms with Gasteiger partial charge in [0.2, 0.25) is 0 Å². The lowest BCUT2D eigenvalue weighted by atomic mass is 10.0. The Kier molecular flexibility index (Phi) is 4.57. The van der Waals surface area contributed by atoms with Crippen molar-refractivity contribution in [2.24, 2.45) is 0 Å². The number of pyridine rings is 1. The number of nitrogens with one attached hydrogen (secondary N) is 1. The van der Waals surface area contributed by atoms with Crippen molar-refractivity contribution in [3.8, 4) is 0 Å². The zero-order valence-electron chi connectivity index (χ0n) is 14.7. The van der Waals surface area contributed by atoms with Crippen LogP contribution in [0.3, 0.4) is 0 Å². The Balaban J connectivity index is 1.60. The predicted octanol–water partition coefficient (Wildman–Crippen LogP) is 3.77. The van der Waals surface area contributed by atoms with Crippen molar-refractivity contribution in [3.05, 3.63) is 94.8 Å². The number of rotatable bonds is 4. The quantitative estimate of drug-likeness (QED) is 0.751. The summed E-state index contributed by atoms with van der Waals surface area (Å²) >= 11 is 0. The number of hydrogen-bond acceptors (Lipinski definition) is 3. The maximum Gasteiger partial charge on any atom is 0.256 e. The molecule has 140 valence electrons. The highest BCUT2D eigenvalue weighted by Crippen LogP contribution is 2.28. The fourth-order valence-electron chi connectivity index (χ4n) is 3.23. The summed E-state index contributed by atoms with van der Waals surface area (Å²) in [7, 11) is 0. The van der Waals surface area contributed by atoms with Crippen LogP contribution >= 0.6 is 0 Å². The Bertz CT molecular complexity index is 1070. The van der Waals surface area contributed by atoms with Crippen molar-refractivity contribution in [2.75, 3.05) is 5.32 Å². The minimum Gasteiger partial charge on any atom is -0.330 e. The molecule has 7 heteroatoms. The molecule has 5 nitrogen and oxygen atoms in total. The van der Waals surface area contributed by atoms with Crippen LogP contribution in [0.5, 0.6) is 0 Å². The van der Waals surface area contributed by atoms with Gasteiger partial charge < -0.3 is 10.2 Å². The van der Waals surface area contributed by atoms with Gasteiger partial charge in [-0.15, -0.1) is 0 Å². The van der Waals surface area contributed by atoms with Crippen LogP contribution in [0.25, 0.3) is 0 Å². The van der Waals surface area contributed by atoms with Gasteiger partial charge in [0, 0.05) is 31.5 Å². The molecule has 28 heavy (non-hydrogen) atoms. The number of hydrogen-bond donors (Lipinski definition) is 1. The summed E-state index contributed by atoms with van der Waals surface area (Å²) in [5.41, 5.74) is 1.71. The van der Waals surface area contributed by atoms with Crippen LogP contribution in [0, 0.1) is 11.6 Å². The van der Waals surface area contributed by atoms with Crippen molar-refractivity contribution in [3.63, 3.8) is 0 Å². The number of nitrogens with zero attached hydrogens (tertiary/aromatic N) is 2. The second kappa shape index (κ2) is 7.19. The van der Waals surface area contributed by atoms with Crippen LogP contribution in [0.15, 0.2) is 60.9 Å². The summed E-state index contributed by atoms with van der Waals surface area (Å²) in [4.78, 5) is 31.2. The van der Waals surface area contributed by atoms with Crippen molar-refractivity contribution in [1.29, 1.82) is 0 Å². The molecule has 1 aliphatic rings. The van der Waals surface area contributed by atoms with Gasteiger partial charge in [0.25, 0.3) is 11.8 Å². The van der Waals surface area contributed by atoms with Gasteiger partial charge >= 0.3 is 0 Å². The third-order valence-corrected chi connectivity index (χ3v) is 4.53. The van der Waals surface area contributed by atoms with E-state index in [1.807, 2.05) is 6.07 Å². The van der Waals surface area contributed by atoms with E-state index in [1.165, 1.54) is 6.07 Å². The van der Waals surface area contributed by atoms with E-state index in [-0.39, 0.29) is 22.7 Å². The molecule has 2 heterocycles.